The van der Waals surface area contributed by atoms with Crippen LogP contribution < -0.4 is 16.4 Å². The molecule has 0 aromatic rings. The van der Waals surface area contributed by atoms with Crippen LogP contribution in [-0.2, 0) is 19.2 Å². The maximum Gasteiger partial charge on any atom is 0.326 e. The number of aliphatic hydroxyl groups excluding tert-OH is 1. The van der Waals surface area contributed by atoms with Crippen molar-refractivity contribution >= 4 is 35.5 Å². The summed E-state index contributed by atoms with van der Waals surface area (Å²) in [5, 5.41) is 31.1. The minimum absolute atomic E-state index is 0.179. The van der Waals surface area contributed by atoms with Gasteiger partial charge >= 0.3 is 11.9 Å². The Labute approximate surface area is 143 Å². The van der Waals surface area contributed by atoms with Gasteiger partial charge in [-0.1, -0.05) is 0 Å². The number of amides is 2. The van der Waals surface area contributed by atoms with E-state index in [0.29, 0.717) is 5.75 Å². The number of aliphatic hydroxyl groups is 1. The average molecular weight is 365 g/mol. The third-order valence-electron chi connectivity index (χ3n) is 3.04. The van der Waals surface area contributed by atoms with Gasteiger partial charge in [-0.2, -0.15) is 11.8 Å². The van der Waals surface area contributed by atoms with Gasteiger partial charge in [0, 0.05) is 6.42 Å². The number of rotatable bonds is 12. The van der Waals surface area contributed by atoms with E-state index in [2.05, 4.69) is 10.6 Å². The summed E-state index contributed by atoms with van der Waals surface area (Å²) in [4.78, 5) is 45.7. The third kappa shape index (κ3) is 8.70. The van der Waals surface area contributed by atoms with Crippen molar-refractivity contribution in [2.45, 2.75) is 37.4 Å². The van der Waals surface area contributed by atoms with Gasteiger partial charge in [0.2, 0.25) is 11.8 Å². The van der Waals surface area contributed by atoms with Gasteiger partial charge in [-0.15, -0.1) is 0 Å². The van der Waals surface area contributed by atoms with Gasteiger partial charge in [-0.05, 0) is 24.9 Å². The summed E-state index contributed by atoms with van der Waals surface area (Å²) in [6, 6.07) is -3.68. The van der Waals surface area contributed by atoms with E-state index in [1.54, 1.807) is 6.26 Å². The molecular weight excluding hydrogens is 342 g/mol. The Kier molecular flexibility index (Phi) is 10.8. The number of nitrogens with one attached hydrogen (secondary N) is 2. The molecule has 0 fully saturated rings. The number of carbonyl (C=O) groups excluding carboxylic acids is 2. The Balaban J connectivity index is 4.95. The molecule has 0 rings (SSSR count). The van der Waals surface area contributed by atoms with E-state index < -0.39 is 54.9 Å². The molecule has 0 spiro atoms. The van der Waals surface area contributed by atoms with E-state index in [4.69, 9.17) is 21.1 Å². The lowest BCUT2D eigenvalue weighted by Gasteiger charge is -2.22. The van der Waals surface area contributed by atoms with Crippen molar-refractivity contribution < 1.29 is 34.5 Å². The van der Waals surface area contributed by atoms with Crippen molar-refractivity contribution in [2.75, 3.05) is 18.6 Å². The smallest absolute Gasteiger partial charge is 0.326 e. The molecule has 0 aromatic carbocycles. The van der Waals surface area contributed by atoms with Crippen LogP contribution in [0, 0.1) is 0 Å². The van der Waals surface area contributed by atoms with Crippen molar-refractivity contribution in [3.05, 3.63) is 0 Å². The van der Waals surface area contributed by atoms with E-state index in [9.17, 15) is 19.2 Å². The molecule has 11 heteroatoms. The van der Waals surface area contributed by atoms with Gasteiger partial charge in [0.15, 0.2) is 0 Å². The molecule has 0 aliphatic heterocycles. The van der Waals surface area contributed by atoms with Gasteiger partial charge in [-0.3, -0.25) is 14.4 Å². The highest BCUT2D eigenvalue weighted by atomic mass is 32.2. The molecule has 10 nitrogen and oxygen atoms in total. The van der Waals surface area contributed by atoms with Crippen LogP contribution >= 0.6 is 11.8 Å². The molecule has 24 heavy (non-hydrogen) atoms. The number of thioether (sulfide) groups is 1. The highest BCUT2D eigenvalue weighted by molar-refractivity contribution is 7.98. The Morgan fingerprint density at radius 3 is 2.08 bits per heavy atom. The maximum atomic E-state index is 12.2. The van der Waals surface area contributed by atoms with Crippen LogP contribution in [-0.4, -0.2) is 75.8 Å². The zero-order chi connectivity index (χ0) is 18.7. The van der Waals surface area contributed by atoms with Crippen molar-refractivity contribution in [3.63, 3.8) is 0 Å². The van der Waals surface area contributed by atoms with Gasteiger partial charge in [0.25, 0.3) is 0 Å². The Bertz CT molecular complexity index is 461. The second-order valence-electron chi connectivity index (χ2n) is 4.96. The summed E-state index contributed by atoms with van der Waals surface area (Å²) >= 11 is 1.41. The second kappa shape index (κ2) is 11.6. The van der Waals surface area contributed by atoms with Gasteiger partial charge in [-0.25, -0.2) is 4.79 Å². The fraction of sp³-hybridized carbons (Fsp3) is 0.692. The summed E-state index contributed by atoms with van der Waals surface area (Å²) in [7, 11) is 0. The normalized spacial score (nSPS) is 14.3. The first kappa shape index (κ1) is 22.1. The average Bonchev–Trinajstić information content (AvgIpc) is 2.53. The molecule has 138 valence electrons. The SMILES string of the molecule is CSCCC(NC(=O)C(CCC(=O)O)NC(=O)C(N)CO)C(=O)O. The minimum Gasteiger partial charge on any atom is -0.481 e. The first-order chi connectivity index (χ1) is 11.2. The van der Waals surface area contributed by atoms with Crippen LogP contribution in [0.15, 0.2) is 0 Å². The zero-order valence-electron chi connectivity index (χ0n) is 13.2. The van der Waals surface area contributed by atoms with Gasteiger partial charge < -0.3 is 31.7 Å². The molecule has 2 amide bonds. The van der Waals surface area contributed by atoms with Gasteiger partial charge in [0.05, 0.1) is 6.61 Å². The minimum atomic E-state index is -1.27. The lowest BCUT2D eigenvalue weighted by atomic mass is 10.1. The second-order valence-corrected chi connectivity index (χ2v) is 5.95. The fourth-order valence-corrected chi connectivity index (χ4v) is 2.14. The largest absolute Gasteiger partial charge is 0.481 e. The van der Waals surface area contributed by atoms with E-state index in [0.717, 1.165) is 0 Å². The summed E-state index contributed by atoms with van der Waals surface area (Å²) in [6.07, 6.45) is 1.32. The summed E-state index contributed by atoms with van der Waals surface area (Å²) in [6.45, 7) is -0.648. The predicted octanol–water partition coefficient (Wildman–Crippen LogP) is -2.02. The summed E-state index contributed by atoms with van der Waals surface area (Å²) in [5.74, 6) is -3.56. The van der Waals surface area contributed by atoms with Crippen LogP contribution in [0.4, 0.5) is 0 Å². The predicted molar refractivity (Wildman–Crippen MR) is 86.4 cm³/mol. The number of hydrogen-bond donors (Lipinski definition) is 6. The van der Waals surface area contributed by atoms with Crippen LogP contribution in [0.3, 0.4) is 0 Å². The topological polar surface area (TPSA) is 179 Å². The summed E-state index contributed by atoms with van der Waals surface area (Å²) < 4.78 is 0. The zero-order valence-corrected chi connectivity index (χ0v) is 14.0. The first-order valence-corrected chi connectivity index (χ1v) is 8.53. The molecule has 0 bridgehead atoms. The first-order valence-electron chi connectivity index (χ1n) is 7.13. The molecule has 0 aliphatic carbocycles. The number of carbonyl (C=O) groups is 4. The number of nitrogens with two attached hydrogens (primary N) is 1. The third-order valence-corrected chi connectivity index (χ3v) is 3.68. The number of hydrogen-bond acceptors (Lipinski definition) is 7. The highest BCUT2D eigenvalue weighted by Crippen LogP contribution is 2.04. The molecule has 0 radical (unpaired) electrons. The molecule has 0 aliphatic rings. The van der Waals surface area contributed by atoms with Crippen molar-refractivity contribution in [3.8, 4) is 0 Å². The van der Waals surface area contributed by atoms with E-state index in [1.807, 2.05) is 0 Å². The van der Waals surface area contributed by atoms with Crippen molar-refractivity contribution in [1.29, 1.82) is 0 Å². The standard InChI is InChI=1S/C13H23N3O7S/c1-24-5-4-9(13(22)23)16-12(21)8(2-3-10(18)19)15-11(20)7(14)6-17/h7-9,17H,2-6,14H2,1H3,(H,15,20)(H,16,21)(H,18,19)(H,22,23). The Morgan fingerprint density at radius 2 is 1.62 bits per heavy atom. The molecule has 3 unspecified atom stereocenters. The van der Waals surface area contributed by atoms with E-state index >= 15 is 0 Å². The lowest BCUT2D eigenvalue weighted by molar-refractivity contribution is -0.143. The van der Waals surface area contributed by atoms with Crippen LogP contribution in [0.25, 0.3) is 0 Å². The molecular formula is C13H23N3O7S. The fourth-order valence-electron chi connectivity index (χ4n) is 1.66. The molecule has 0 saturated heterocycles. The van der Waals surface area contributed by atoms with E-state index in [-0.39, 0.29) is 12.8 Å². The maximum absolute atomic E-state index is 12.2. The monoisotopic (exact) mass is 365 g/mol. The lowest BCUT2D eigenvalue weighted by Crippen LogP contribution is -2.55. The van der Waals surface area contributed by atoms with Crippen molar-refractivity contribution in [1.82, 2.24) is 10.6 Å². The summed E-state index contributed by atoms with van der Waals surface area (Å²) in [5.41, 5.74) is 5.33. The molecule has 0 aromatic heterocycles. The quantitative estimate of drug-likeness (QED) is 0.227. The number of carboxylic acid groups (broad SMARTS) is 2. The Morgan fingerprint density at radius 1 is 1.04 bits per heavy atom. The highest BCUT2D eigenvalue weighted by Gasteiger charge is 2.28. The van der Waals surface area contributed by atoms with E-state index in [1.165, 1.54) is 11.8 Å². The molecule has 3 atom stereocenters. The molecule has 7 N–H and O–H groups in total. The van der Waals surface area contributed by atoms with Crippen molar-refractivity contribution in [2.24, 2.45) is 5.73 Å². The van der Waals surface area contributed by atoms with Gasteiger partial charge in [0.1, 0.15) is 18.1 Å². The number of aliphatic carboxylic acids is 2. The van der Waals surface area contributed by atoms with Crippen LogP contribution in [0.2, 0.25) is 0 Å². The van der Waals surface area contributed by atoms with Crippen LogP contribution in [0.5, 0.6) is 0 Å². The Hall–Kier alpha value is -1.85. The molecule has 0 saturated carbocycles. The number of carboxylic acids is 2. The van der Waals surface area contributed by atoms with Crippen LogP contribution in [0.1, 0.15) is 19.3 Å². The molecule has 0 heterocycles.